The highest BCUT2D eigenvalue weighted by molar-refractivity contribution is 5.93. The van der Waals surface area contributed by atoms with Gasteiger partial charge in [-0.25, -0.2) is 9.59 Å². The molecular weight excluding hydrogens is 272 g/mol. The van der Waals surface area contributed by atoms with Gasteiger partial charge in [-0.1, -0.05) is 19.3 Å². The Hall–Kier alpha value is -2.05. The number of carboxylic acid groups (broad SMARTS) is 1. The molecule has 1 saturated carbocycles. The summed E-state index contributed by atoms with van der Waals surface area (Å²) in [6, 6.07) is -0.296. The van der Waals surface area contributed by atoms with Crippen molar-refractivity contribution in [1.29, 1.82) is 0 Å². The minimum absolute atomic E-state index is 0.201. The maximum Gasteiger partial charge on any atom is 0.329 e. The molecule has 1 fully saturated rings. The molecule has 1 aliphatic carbocycles. The Kier molecular flexibility index (Phi) is 4.50. The number of rotatable bonds is 4. The SMILES string of the molecule is CC(C)n1cc(NC(=O)NC2(C(=O)O)CCCCC2)cn1. The molecule has 0 aliphatic heterocycles. The lowest BCUT2D eigenvalue weighted by Gasteiger charge is -2.33. The van der Waals surface area contributed by atoms with Gasteiger partial charge in [-0.2, -0.15) is 5.10 Å². The molecule has 21 heavy (non-hydrogen) atoms. The van der Waals surface area contributed by atoms with Crippen LogP contribution >= 0.6 is 0 Å². The van der Waals surface area contributed by atoms with Crippen LogP contribution in [0.4, 0.5) is 10.5 Å². The summed E-state index contributed by atoms with van der Waals surface area (Å²) in [6.07, 6.45) is 6.86. The Bertz CT molecular complexity index is 518. The van der Waals surface area contributed by atoms with Gasteiger partial charge in [0.2, 0.25) is 0 Å². The van der Waals surface area contributed by atoms with Gasteiger partial charge in [-0.3, -0.25) is 4.68 Å². The van der Waals surface area contributed by atoms with Crippen molar-refractivity contribution in [3.63, 3.8) is 0 Å². The summed E-state index contributed by atoms with van der Waals surface area (Å²) < 4.78 is 1.73. The van der Waals surface area contributed by atoms with Crippen LogP contribution < -0.4 is 10.6 Å². The predicted octanol–water partition coefficient (Wildman–Crippen LogP) is 2.37. The minimum Gasteiger partial charge on any atom is -0.480 e. The number of carboxylic acids is 1. The number of anilines is 1. The number of aromatic nitrogens is 2. The Morgan fingerprint density at radius 1 is 1.33 bits per heavy atom. The Balaban J connectivity index is 2.00. The molecule has 0 saturated heterocycles. The largest absolute Gasteiger partial charge is 0.480 e. The van der Waals surface area contributed by atoms with E-state index in [9.17, 15) is 14.7 Å². The highest BCUT2D eigenvalue weighted by Crippen LogP contribution is 2.28. The van der Waals surface area contributed by atoms with Crippen molar-refractivity contribution in [3.8, 4) is 0 Å². The number of hydrogen-bond donors (Lipinski definition) is 3. The Morgan fingerprint density at radius 2 is 2.00 bits per heavy atom. The van der Waals surface area contributed by atoms with Crippen molar-refractivity contribution in [2.45, 2.75) is 57.5 Å². The second-order valence-electron chi connectivity index (χ2n) is 5.83. The van der Waals surface area contributed by atoms with Crippen molar-refractivity contribution in [3.05, 3.63) is 12.4 Å². The maximum absolute atomic E-state index is 12.0. The third-order valence-corrected chi connectivity index (χ3v) is 3.86. The summed E-state index contributed by atoms with van der Waals surface area (Å²) in [6.45, 7) is 3.97. The Labute approximate surface area is 123 Å². The van der Waals surface area contributed by atoms with Gasteiger partial charge in [0.1, 0.15) is 5.54 Å². The molecule has 7 nitrogen and oxygen atoms in total. The molecule has 0 spiro atoms. The minimum atomic E-state index is -1.14. The summed E-state index contributed by atoms with van der Waals surface area (Å²) in [4.78, 5) is 23.5. The summed E-state index contributed by atoms with van der Waals surface area (Å²) in [5.74, 6) is -0.963. The Morgan fingerprint density at radius 3 is 2.52 bits per heavy atom. The molecule has 0 atom stereocenters. The number of urea groups is 1. The molecule has 116 valence electrons. The van der Waals surface area contributed by atoms with Crippen LogP contribution in [0.1, 0.15) is 52.0 Å². The third kappa shape index (κ3) is 3.53. The molecule has 0 bridgehead atoms. The number of nitrogens with one attached hydrogen (secondary N) is 2. The first-order chi connectivity index (χ1) is 9.93. The van der Waals surface area contributed by atoms with E-state index in [1.54, 1.807) is 17.1 Å². The van der Waals surface area contributed by atoms with Gasteiger partial charge in [0, 0.05) is 12.2 Å². The lowest BCUT2D eigenvalue weighted by atomic mass is 9.82. The van der Waals surface area contributed by atoms with Crippen molar-refractivity contribution >= 4 is 17.7 Å². The van der Waals surface area contributed by atoms with Crippen LogP contribution in [-0.2, 0) is 4.79 Å². The number of nitrogens with zero attached hydrogens (tertiary/aromatic N) is 2. The molecule has 7 heteroatoms. The fraction of sp³-hybridized carbons (Fsp3) is 0.643. The number of carbonyl (C=O) groups is 2. The number of aliphatic carboxylic acids is 1. The summed E-state index contributed by atoms with van der Waals surface area (Å²) >= 11 is 0. The van der Waals surface area contributed by atoms with Crippen molar-refractivity contribution in [2.75, 3.05) is 5.32 Å². The van der Waals surface area contributed by atoms with E-state index in [1.807, 2.05) is 13.8 Å². The van der Waals surface area contributed by atoms with Crippen LogP contribution in [0.3, 0.4) is 0 Å². The average molecular weight is 294 g/mol. The van der Waals surface area contributed by atoms with Crippen molar-refractivity contribution in [2.24, 2.45) is 0 Å². The maximum atomic E-state index is 12.0. The standard InChI is InChI=1S/C14H22N4O3/c1-10(2)18-9-11(8-15-18)16-13(21)17-14(12(19)20)6-4-3-5-7-14/h8-10H,3-7H2,1-2H3,(H,19,20)(H2,16,17,21). The molecular formula is C14H22N4O3. The van der Waals surface area contributed by atoms with Gasteiger partial charge in [-0.05, 0) is 26.7 Å². The molecule has 2 amide bonds. The lowest BCUT2D eigenvalue weighted by molar-refractivity contribution is -0.145. The second kappa shape index (κ2) is 6.15. The van der Waals surface area contributed by atoms with E-state index < -0.39 is 17.5 Å². The van der Waals surface area contributed by atoms with E-state index in [-0.39, 0.29) is 6.04 Å². The topological polar surface area (TPSA) is 96.2 Å². The zero-order valence-electron chi connectivity index (χ0n) is 12.4. The van der Waals surface area contributed by atoms with Gasteiger partial charge in [0.05, 0.1) is 11.9 Å². The van der Waals surface area contributed by atoms with E-state index in [0.29, 0.717) is 18.5 Å². The summed E-state index contributed by atoms with van der Waals surface area (Å²) in [5, 5.41) is 18.8. The first-order valence-electron chi connectivity index (χ1n) is 7.30. The highest BCUT2D eigenvalue weighted by Gasteiger charge is 2.41. The fourth-order valence-electron chi connectivity index (χ4n) is 2.61. The van der Waals surface area contributed by atoms with Gasteiger partial charge >= 0.3 is 12.0 Å². The molecule has 3 N–H and O–H groups in total. The lowest BCUT2D eigenvalue weighted by Crippen LogP contribution is -2.56. The van der Waals surface area contributed by atoms with Crippen LogP contribution in [0.15, 0.2) is 12.4 Å². The van der Waals surface area contributed by atoms with E-state index >= 15 is 0 Å². The van der Waals surface area contributed by atoms with Gasteiger partial charge < -0.3 is 15.7 Å². The highest BCUT2D eigenvalue weighted by atomic mass is 16.4. The van der Waals surface area contributed by atoms with Crippen LogP contribution in [0, 0.1) is 0 Å². The van der Waals surface area contributed by atoms with Crippen molar-refractivity contribution < 1.29 is 14.7 Å². The molecule has 1 aliphatic rings. The number of carbonyl (C=O) groups excluding carboxylic acids is 1. The smallest absolute Gasteiger partial charge is 0.329 e. The second-order valence-corrected chi connectivity index (χ2v) is 5.83. The van der Waals surface area contributed by atoms with Crippen LogP contribution in [-0.4, -0.2) is 32.4 Å². The predicted molar refractivity (Wildman–Crippen MR) is 78.2 cm³/mol. The first kappa shape index (κ1) is 15.3. The molecule has 1 heterocycles. The summed E-state index contributed by atoms with van der Waals surface area (Å²) in [7, 11) is 0. The molecule has 1 aromatic heterocycles. The number of amides is 2. The van der Waals surface area contributed by atoms with E-state index in [2.05, 4.69) is 15.7 Å². The van der Waals surface area contributed by atoms with Crippen LogP contribution in [0.5, 0.6) is 0 Å². The average Bonchev–Trinajstić information content (AvgIpc) is 2.88. The van der Waals surface area contributed by atoms with Gasteiger partial charge in [0.25, 0.3) is 0 Å². The monoisotopic (exact) mass is 294 g/mol. The summed E-state index contributed by atoms with van der Waals surface area (Å²) in [5.41, 5.74) is -0.589. The van der Waals surface area contributed by atoms with E-state index in [4.69, 9.17) is 0 Å². The third-order valence-electron chi connectivity index (χ3n) is 3.86. The normalized spacial score (nSPS) is 17.5. The molecule has 0 aromatic carbocycles. The quantitative estimate of drug-likeness (QED) is 0.794. The molecule has 0 unspecified atom stereocenters. The van der Waals surface area contributed by atoms with Crippen molar-refractivity contribution in [1.82, 2.24) is 15.1 Å². The molecule has 1 aromatic rings. The van der Waals surface area contributed by atoms with Gasteiger partial charge in [-0.15, -0.1) is 0 Å². The zero-order valence-corrected chi connectivity index (χ0v) is 12.4. The van der Waals surface area contributed by atoms with E-state index in [0.717, 1.165) is 19.3 Å². The zero-order chi connectivity index (χ0) is 15.5. The molecule has 2 rings (SSSR count). The fourth-order valence-corrected chi connectivity index (χ4v) is 2.61. The van der Waals surface area contributed by atoms with Gasteiger partial charge in [0.15, 0.2) is 0 Å². The first-order valence-corrected chi connectivity index (χ1v) is 7.30. The van der Waals surface area contributed by atoms with E-state index in [1.165, 1.54) is 0 Å². The van der Waals surface area contributed by atoms with Crippen LogP contribution in [0.2, 0.25) is 0 Å². The molecule has 0 radical (unpaired) electrons. The number of hydrogen-bond acceptors (Lipinski definition) is 3. The van der Waals surface area contributed by atoms with Crippen LogP contribution in [0.25, 0.3) is 0 Å².